The molecule has 0 radical (unpaired) electrons. The summed E-state index contributed by atoms with van der Waals surface area (Å²) in [7, 11) is 0. The molecule has 0 bridgehead atoms. The van der Waals surface area contributed by atoms with Gasteiger partial charge in [-0.25, -0.2) is 0 Å². The van der Waals surface area contributed by atoms with Crippen molar-refractivity contribution in [3.05, 3.63) is 11.6 Å². The summed E-state index contributed by atoms with van der Waals surface area (Å²) in [6.07, 6.45) is 12.9. The Morgan fingerprint density at radius 2 is 1.82 bits per heavy atom. The summed E-state index contributed by atoms with van der Waals surface area (Å²) in [5.74, 6) is 3.31. The lowest BCUT2D eigenvalue weighted by atomic mass is 9.47. The van der Waals surface area contributed by atoms with E-state index >= 15 is 0 Å². The molecule has 0 aliphatic heterocycles. The number of hydrogen-bond donors (Lipinski definition) is 1. The predicted molar refractivity (Wildman–Crippen MR) is 90.1 cm³/mol. The van der Waals surface area contributed by atoms with E-state index in [1.54, 1.807) is 5.57 Å². The third kappa shape index (κ3) is 1.82. The molecule has 4 rings (SSSR count). The zero-order chi connectivity index (χ0) is 15.5. The molecular formula is C20H31NO. The van der Waals surface area contributed by atoms with E-state index in [1.807, 2.05) is 0 Å². The minimum Gasteiger partial charge on any atom is -0.411 e. The predicted octanol–water partition coefficient (Wildman–Crippen LogP) is 5.42. The summed E-state index contributed by atoms with van der Waals surface area (Å²) in [5.41, 5.74) is 3.52. The first-order valence-electron chi connectivity index (χ1n) is 9.40. The van der Waals surface area contributed by atoms with Gasteiger partial charge in [-0.1, -0.05) is 37.6 Å². The summed E-state index contributed by atoms with van der Waals surface area (Å²) < 4.78 is 0. The molecule has 22 heavy (non-hydrogen) atoms. The second kappa shape index (κ2) is 4.85. The van der Waals surface area contributed by atoms with Crippen molar-refractivity contribution < 1.29 is 5.21 Å². The molecule has 122 valence electrons. The van der Waals surface area contributed by atoms with Gasteiger partial charge in [0, 0.05) is 5.41 Å². The highest BCUT2D eigenvalue weighted by Gasteiger charge is 2.57. The Kier molecular flexibility index (Phi) is 3.26. The second-order valence-electron chi connectivity index (χ2n) is 9.15. The van der Waals surface area contributed by atoms with Crippen LogP contribution in [0.2, 0.25) is 0 Å². The molecule has 0 aromatic heterocycles. The van der Waals surface area contributed by atoms with E-state index < -0.39 is 0 Å². The molecule has 4 aliphatic rings. The fourth-order valence-corrected chi connectivity index (χ4v) is 6.80. The first-order valence-corrected chi connectivity index (χ1v) is 9.40. The van der Waals surface area contributed by atoms with E-state index in [0.29, 0.717) is 5.41 Å². The number of oxime groups is 1. The second-order valence-corrected chi connectivity index (χ2v) is 9.15. The van der Waals surface area contributed by atoms with E-state index in [2.05, 4.69) is 32.0 Å². The monoisotopic (exact) mass is 301 g/mol. The van der Waals surface area contributed by atoms with Gasteiger partial charge in [0.05, 0.1) is 5.71 Å². The molecule has 2 heteroatoms. The van der Waals surface area contributed by atoms with Gasteiger partial charge in [0.2, 0.25) is 0 Å². The molecule has 0 amide bonds. The van der Waals surface area contributed by atoms with E-state index in [1.165, 1.54) is 44.9 Å². The van der Waals surface area contributed by atoms with Crippen LogP contribution in [0.15, 0.2) is 16.8 Å². The number of fused-ring (bicyclic) bond motifs is 5. The SMILES string of the molecule is C[C@H]1CC[C@@]2(C)C(=CC[C@@H]3[C@@H]2CC[C@]2(C)/C(=N\O)CC[C@@H]32)C1. The number of hydrogen-bond acceptors (Lipinski definition) is 2. The third-order valence-corrected chi connectivity index (χ3v) is 8.21. The van der Waals surface area contributed by atoms with Crippen LogP contribution in [0.3, 0.4) is 0 Å². The molecule has 0 aromatic rings. The summed E-state index contributed by atoms with van der Waals surface area (Å²) in [5, 5.41) is 13.1. The summed E-state index contributed by atoms with van der Waals surface area (Å²) >= 11 is 0. The molecule has 3 saturated carbocycles. The molecular weight excluding hydrogens is 270 g/mol. The molecule has 0 heterocycles. The van der Waals surface area contributed by atoms with Crippen LogP contribution in [-0.4, -0.2) is 10.9 Å². The van der Waals surface area contributed by atoms with E-state index in [9.17, 15) is 5.21 Å². The lowest BCUT2D eigenvalue weighted by molar-refractivity contribution is -0.0108. The molecule has 0 unspecified atom stereocenters. The largest absolute Gasteiger partial charge is 0.411 e. The van der Waals surface area contributed by atoms with Gasteiger partial charge in [0.1, 0.15) is 0 Å². The van der Waals surface area contributed by atoms with Crippen molar-refractivity contribution in [3.63, 3.8) is 0 Å². The summed E-state index contributed by atoms with van der Waals surface area (Å²) in [6.45, 7) is 7.37. The quantitative estimate of drug-likeness (QED) is 0.362. The Labute approximate surface area is 135 Å². The van der Waals surface area contributed by atoms with Gasteiger partial charge in [-0.3, -0.25) is 0 Å². The molecule has 0 spiro atoms. The number of nitrogens with zero attached hydrogens (tertiary/aromatic N) is 1. The molecule has 0 aromatic carbocycles. The molecule has 0 saturated heterocycles. The highest BCUT2D eigenvalue weighted by molar-refractivity contribution is 5.92. The van der Waals surface area contributed by atoms with Crippen LogP contribution in [0.4, 0.5) is 0 Å². The van der Waals surface area contributed by atoms with Gasteiger partial charge >= 0.3 is 0 Å². The van der Waals surface area contributed by atoms with E-state index in [-0.39, 0.29) is 5.41 Å². The molecule has 2 nitrogen and oxygen atoms in total. The van der Waals surface area contributed by atoms with Crippen molar-refractivity contribution >= 4 is 5.71 Å². The zero-order valence-corrected chi connectivity index (χ0v) is 14.4. The summed E-state index contributed by atoms with van der Waals surface area (Å²) in [6, 6.07) is 0. The maximum atomic E-state index is 9.41. The maximum absolute atomic E-state index is 9.41. The Bertz CT molecular complexity index is 536. The Morgan fingerprint density at radius 1 is 1.09 bits per heavy atom. The Morgan fingerprint density at radius 3 is 2.59 bits per heavy atom. The van der Waals surface area contributed by atoms with Crippen molar-refractivity contribution in [2.45, 2.75) is 72.1 Å². The standard InChI is InChI=1S/C20H31NO/c1-13-8-10-19(2)14(12-13)4-5-15-16-6-7-18(21-22)20(16,3)11-9-17(15)19/h4,13,15-17,22H,5-12H2,1-3H3/b21-18-/t13-,15-,16-,17-,19-,20-/m0/s1. The normalized spacial score (nSPS) is 52.7. The highest BCUT2D eigenvalue weighted by atomic mass is 16.4. The lowest BCUT2D eigenvalue weighted by Gasteiger charge is -2.57. The van der Waals surface area contributed by atoms with Gasteiger partial charge in [-0.2, -0.15) is 0 Å². The van der Waals surface area contributed by atoms with Crippen LogP contribution < -0.4 is 0 Å². The molecule has 1 N–H and O–H groups in total. The first-order chi connectivity index (χ1) is 10.5. The molecule has 3 fully saturated rings. The van der Waals surface area contributed by atoms with Crippen LogP contribution >= 0.6 is 0 Å². The topological polar surface area (TPSA) is 32.6 Å². The smallest absolute Gasteiger partial charge is 0.0632 e. The average molecular weight is 301 g/mol. The Hall–Kier alpha value is -0.790. The first kappa shape index (κ1) is 14.8. The third-order valence-electron chi connectivity index (χ3n) is 8.21. The molecule has 4 aliphatic carbocycles. The minimum atomic E-state index is 0.180. The van der Waals surface area contributed by atoms with Crippen LogP contribution in [0, 0.1) is 34.5 Å². The fraction of sp³-hybridized carbons (Fsp3) is 0.850. The summed E-state index contributed by atoms with van der Waals surface area (Å²) in [4.78, 5) is 0. The van der Waals surface area contributed by atoms with Crippen LogP contribution in [0.5, 0.6) is 0 Å². The van der Waals surface area contributed by atoms with Crippen LogP contribution in [-0.2, 0) is 0 Å². The lowest BCUT2D eigenvalue weighted by Crippen LogP contribution is -2.50. The molecule has 6 atom stereocenters. The Balaban J connectivity index is 1.69. The zero-order valence-electron chi connectivity index (χ0n) is 14.4. The maximum Gasteiger partial charge on any atom is 0.0632 e. The fourth-order valence-electron chi connectivity index (χ4n) is 6.80. The number of allylic oxidation sites excluding steroid dienone is 2. The van der Waals surface area contributed by atoms with Crippen molar-refractivity contribution in [1.29, 1.82) is 0 Å². The van der Waals surface area contributed by atoms with Crippen LogP contribution in [0.1, 0.15) is 72.1 Å². The van der Waals surface area contributed by atoms with Gasteiger partial charge in [0.15, 0.2) is 0 Å². The minimum absolute atomic E-state index is 0.180. The van der Waals surface area contributed by atoms with E-state index in [4.69, 9.17) is 0 Å². The van der Waals surface area contributed by atoms with Crippen molar-refractivity contribution in [2.75, 3.05) is 0 Å². The van der Waals surface area contributed by atoms with Crippen molar-refractivity contribution in [1.82, 2.24) is 0 Å². The number of rotatable bonds is 0. The average Bonchev–Trinajstić information content (AvgIpc) is 2.84. The van der Waals surface area contributed by atoms with Crippen molar-refractivity contribution in [2.24, 2.45) is 39.7 Å². The van der Waals surface area contributed by atoms with Crippen LogP contribution in [0.25, 0.3) is 0 Å². The highest BCUT2D eigenvalue weighted by Crippen LogP contribution is 2.64. The van der Waals surface area contributed by atoms with Crippen molar-refractivity contribution in [3.8, 4) is 0 Å². The van der Waals surface area contributed by atoms with Gasteiger partial charge in [0.25, 0.3) is 0 Å². The van der Waals surface area contributed by atoms with E-state index in [0.717, 1.165) is 35.8 Å². The van der Waals surface area contributed by atoms with Gasteiger partial charge in [-0.15, -0.1) is 0 Å². The van der Waals surface area contributed by atoms with Gasteiger partial charge in [-0.05, 0) is 80.5 Å². The van der Waals surface area contributed by atoms with Gasteiger partial charge < -0.3 is 5.21 Å².